The van der Waals surface area contributed by atoms with E-state index in [1.54, 1.807) is 11.3 Å². The van der Waals surface area contributed by atoms with Crippen LogP contribution in [-0.4, -0.2) is 22.2 Å². The van der Waals surface area contributed by atoms with Gasteiger partial charge >= 0.3 is 0 Å². The van der Waals surface area contributed by atoms with Gasteiger partial charge in [0, 0.05) is 5.54 Å². The van der Waals surface area contributed by atoms with Crippen molar-refractivity contribution in [1.29, 1.82) is 0 Å². The Morgan fingerprint density at radius 2 is 2.12 bits per heavy atom. The molecular formula is C13H18N2OS. The summed E-state index contributed by atoms with van der Waals surface area (Å²) in [6.45, 7) is 6.16. The molecule has 1 heterocycles. The Bertz CT molecular complexity index is 474. The molecule has 0 saturated heterocycles. The van der Waals surface area contributed by atoms with Gasteiger partial charge in [0.1, 0.15) is 5.01 Å². The van der Waals surface area contributed by atoms with Crippen molar-refractivity contribution in [3.8, 4) is 0 Å². The SMILES string of the molecule is CC(NC(C)(C)CO)c1nc2ccccc2s1. The lowest BCUT2D eigenvalue weighted by Crippen LogP contribution is -2.43. The quantitative estimate of drug-likeness (QED) is 0.877. The summed E-state index contributed by atoms with van der Waals surface area (Å²) < 4.78 is 1.21. The Kier molecular flexibility index (Phi) is 3.47. The molecular weight excluding hydrogens is 232 g/mol. The predicted molar refractivity (Wildman–Crippen MR) is 72.3 cm³/mol. The first kappa shape index (κ1) is 12.5. The number of aliphatic hydroxyl groups excluding tert-OH is 1. The molecule has 3 nitrogen and oxygen atoms in total. The van der Waals surface area contributed by atoms with Gasteiger partial charge in [0.25, 0.3) is 0 Å². The summed E-state index contributed by atoms with van der Waals surface area (Å²) in [6, 6.07) is 8.29. The smallest absolute Gasteiger partial charge is 0.111 e. The van der Waals surface area contributed by atoms with Crippen molar-refractivity contribution in [1.82, 2.24) is 10.3 Å². The third kappa shape index (κ3) is 2.83. The summed E-state index contributed by atoms with van der Waals surface area (Å²) in [6.07, 6.45) is 0. The highest BCUT2D eigenvalue weighted by Crippen LogP contribution is 2.27. The van der Waals surface area contributed by atoms with Crippen LogP contribution in [0.3, 0.4) is 0 Å². The first-order valence-electron chi connectivity index (χ1n) is 5.76. The number of fused-ring (bicyclic) bond motifs is 1. The molecule has 4 heteroatoms. The van der Waals surface area contributed by atoms with Crippen LogP contribution < -0.4 is 5.32 Å². The highest BCUT2D eigenvalue weighted by Gasteiger charge is 2.21. The van der Waals surface area contributed by atoms with Crippen molar-refractivity contribution < 1.29 is 5.11 Å². The van der Waals surface area contributed by atoms with Gasteiger partial charge in [-0.25, -0.2) is 4.98 Å². The molecule has 1 unspecified atom stereocenters. The van der Waals surface area contributed by atoms with E-state index in [4.69, 9.17) is 0 Å². The zero-order valence-electron chi connectivity index (χ0n) is 10.4. The third-order valence-corrected chi connectivity index (χ3v) is 3.90. The zero-order valence-corrected chi connectivity index (χ0v) is 11.2. The van der Waals surface area contributed by atoms with Gasteiger partial charge in [0.2, 0.25) is 0 Å². The second kappa shape index (κ2) is 4.72. The zero-order chi connectivity index (χ0) is 12.5. The van der Waals surface area contributed by atoms with Crippen molar-refractivity contribution >= 4 is 21.6 Å². The van der Waals surface area contributed by atoms with E-state index >= 15 is 0 Å². The number of nitrogens with one attached hydrogen (secondary N) is 1. The van der Waals surface area contributed by atoms with Crippen molar-refractivity contribution in [3.05, 3.63) is 29.3 Å². The number of hydrogen-bond donors (Lipinski definition) is 2. The Balaban J connectivity index is 2.22. The molecule has 1 aromatic carbocycles. The van der Waals surface area contributed by atoms with E-state index in [1.165, 1.54) is 4.70 Å². The number of thiazole rings is 1. The van der Waals surface area contributed by atoms with Gasteiger partial charge in [-0.15, -0.1) is 11.3 Å². The van der Waals surface area contributed by atoms with Gasteiger partial charge in [-0.3, -0.25) is 0 Å². The summed E-state index contributed by atoms with van der Waals surface area (Å²) in [5.74, 6) is 0. The summed E-state index contributed by atoms with van der Waals surface area (Å²) in [5.41, 5.74) is 0.764. The fraction of sp³-hybridized carbons (Fsp3) is 0.462. The maximum atomic E-state index is 9.25. The maximum absolute atomic E-state index is 9.25. The lowest BCUT2D eigenvalue weighted by atomic mass is 10.1. The van der Waals surface area contributed by atoms with Crippen LogP contribution in [0, 0.1) is 0 Å². The highest BCUT2D eigenvalue weighted by molar-refractivity contribution is 7.18. The molecule has 0 aliphatic carbocycles. The number of rotatable bonds is 4. The molecule has 0 bridgehead atoms. The van der Waals surface area contributed by atoms with E-state index in [9.17, 15) is 5.11 Å². The third-order valence-electron chi connectivity index (χ3n) is 2.68. The van der Waals surface area contributed by atoms with Gasteiger partial charge in [-0.05, 0) is 32.9 Å². The number of para-hydroxylation sites is 1. The van der Waals surface area contributed by atoms with Gasteiger partial charge in [0.05, 0.1) is 22.9 Å². The Morgan fingerprint density at radius 3 is 2.76 bits per heavy atom. The van der Waals surface area contributed by atoms with Crippen LogP contribution in [0.2, 0.25) is 0 Å². The Labute approximate surface area is 106 Å². The lowest BCUT2D eigenvalue weighted by molar-refractivity contribution is 0.178. The summed E-state index contributed by atoms with van der Waals surface area (Å²) in [7, 11) is 0. The first-order valence-corrected chi connectivity index (χ1v) is 6.57. The molecule has 0 aliphatic heterocycles. The van der Waals surface area contributed by atoms with Gasteiger partial charge in [-0.1, -0.05) is 12.1 Å². The van der Waals surface area contributed by atoms with Crippen LogP contribution in [0.5, 0.6) is 0 Å². The first-order chi connectivity index (χ1) is 8.02. The van der Waals surface area contributed by atoms with E-state index in [0.717, 1.165) is 10.5 Å². The van der Waals surface area contributed by atoms with Crippen molar-refractivity contribution in [3.63, 3.8) is 0 Å². The molecule has 92 valence electrons. The minimum absolute atomic E-state index is 0.113. The molecule has 1 atom stereocenters. The van der Waals surface area contributed by atoms with Crippen molar-refractivity contribution in [2.24, 2.45) is 0 Å². The van der Waals surface area contributed by atoms with E-state index in [1.807, 2.05) is 32.0 Å². The number of benzene rings is 1. The maximum Gasteiger partial charge on any atom is 0.111 e. The summed E-state index contributed by atoms with van der Waals surface area (Å²) >= 11 is 1.70. The fourth-order valence-corrected chi connectivity index (χ4v) is 2.74. The molecule has 0 spiro atoms. The second-order valence-electron chi connectivity index (χ2n) is 4.93. The molecule has 0 fully saturated rings. The van der Waals surface area contributed by atoms with Crippen LogP contribution in [0.4, 0.5) is 0 Å². The molecule has 0 radical (unpaired) electrons. The average Bonchev–Trinajstić information content (AvgIpc) is 2.72. The Morgan fingerprint density at radius 1 is 1.41 bits per heavy atom. The van der Waals surface area contributed by atoms with Crippen molar-refractivity contribution in [2.45, 2.75) is 32.4 Å². The van der Waals surface area contributed by atoms with Crippen LogP contribution in [0.1, 0.15) is 31.8 Å². The Hall–Kier alpha value is -0.970. The standard InChI is InChI=1S/C13H18N2OS/c1-9(15-13(2,3)8-16)12-14-10-6-4-5-7-11(10)17-12/h4-7,9,15-16H,8H2,1-3H3. The minimum atomic E-state index is -0.280. The number of aliphatic hydroxyl groups is 1. The van der Waals surface area contributed by atoms with E-state index < -0.39 is 0 Å². The predicted octanol–water partition coefficient (Wildman–Crippen LogP) is 2.72. The minimum Gasteiger partial charge on any atom is -0.394 e. The molecule has 1 aromatic heterocycles. The number of hydrogen-bond acceptors (Lipinski definition) is 4. The summed E-state index contributed by atoms with van der Waals surface area (Å²) in [4.78, 5) is 4.61. The molecule has 0 aliphatic rings. The molecule has 0 saturated carbocycles. The van der Waals surface area contributed by atoms with E-state index in [0.29, 0.717) is 0 Å². The molecule has 2 rings (SSSR count). The molecule has 2 aromatic rings. The van der Waals surface area contributed by atoms with Gasteiger partial charge in [-0.2, -0.15) is 0 Å². The number of nitrogens with zero attached hydrogens (tertiary/aromatic N) is 1. The van der Waals surface area contributed by atoms with Crippen LogP contribution in [0.15, 0.2) is 24.3 Å². The molecule has 17 heavy (non-hydrogen) atoms. The normalized spacial score (nSPS) is 14.1. The van der Waals surface area contributed by atoms with E-state index in [-0.39, 0.29) is 18.2 Å². The fourth-order valence-electron chi connectivity index (χ4n) is 1.77. The average molecular weight is 250 g/mol. The topological polar surface area (TPSA) is 45.1 Å². The monoisotopic (exact) mass is 250 g/mol. The largest absolute Gasteiger partial charge is 0.394 e. The molecule has 0 amide bonds. The molecule has 2 N–H and O–H groups in total. The highest BCUT2D eigenvalue weighted by atomic mass is 32.1. The van der Waals surface area contributed by atoms with E-state index in [2.05, 4.69) is 23.3 Å². The van der Waals surface area contributed by atoms with Crippen LogP contribution in [-0.2, 0) is 0 Å². The van der Waals surface area contributed by atoms with Gasteiger partial charge < -0.3 is 10.4 Å². The van der Waals surface area contributed by atoms with Gasteiger partial charge in [0.15, 0.2) is 0 Å². The van der Waals surface area contributed by atoms with Crippen molar-refractivity contribution in [2.75, 3.05) is 6.61 Å². The van der Waals surface area contributed by atoms with Crippen LogP contribution in [0.25, 0.3) is 10.2 Å². The lowest BCUT2D eigenvalue weighted by Gasteiger charge is -2.27. The second-order valence-corrected chi connectivity index (χ2v) is 5.99. The number of aromatic nitrogens is 1. The summed E-state index contributed by atoms with van der Waals surface area (Å²) in [5, 5.41) is 13.7. The van der Waals surface area contributed by atoms with Crippen LogP contribution >= 0.6 is 11.3 Å².